The second-order valence-electron chi connectivity index (χ2n) is 10.1. The van der Waals surface area contributed by atoms with Crippen molar-refractivity contribution in [3.63, 3.8) is 0 Å². The third-order valence-electron chi connectivity index (χ3n) is 5.76. The minimum Gasteiger partial charge on any atom is -0.444 e. The van der Waals surface area contributed by atoms with Crippen LogP contribution in [-0.4, -0.2) is 63.0 Å². The van der Waals surface area contributed by atoms with Crippen molar-refractivity contribution in [3.05, 3.63) is 76.7 Å². The molecule has 3 N–H and O–H groups in total. The van der Waals surface area contributed by atoms with E-state index in [0.29, 0.717) is 30.4 Å². The molecule has 1 atom stereocenters. The van der Waals surface area contributed by atoms with E-state index >= 15 is 0 Å². The molecule has 3 heterocycles. The lowest BCUT2D eigenvalue weighted by atomic mass is 10.1. The average molecular weight is 570 g/mol. The molecule has 1 aromatic carbocycles. The summed E-state index contributed by atoms with van der Waals surface area (Å²) in [7, 11) is 0. The standard InChI is InChI=1S/C27H29ClFN7O4/c1-27(2,3)40-26(39)36-10-4-9-30-22(15-36)20-13-32-21(14-31-20)25(38)34-19-7-6-17(29)11-18(19)24(37)35-23-8-5-16(28)12-33-23/h5-8,11-14,22,30H,4,9-10,15H2,1-3H3,(H,34,38)(H,33,35,37). The van der Waals surface area contributed by atoms with Crippen LogP contribution in [0.5, 0.6) is 0 Å². The van der Waals surface area contributed by atoms with Gasteiger partial charge in [-0.15, -0.1) is 0 Å². The van der Waals surface area contributed by atoms with Crippen LogP contribution < -0.4 is 16.0 Å². The molecule has 11 nitrogen and oxygen atoms in total. The van der Waals surface area contributed by atoms with Crippen LogP contribution in [0.15, 0.2) is 48.9 Å². The van der Waals surface area contributed by atoms with Gasteiger partial charge in [-0.3, -0.25) is 14.6 Å². The number of pyridine rings is 1. The Morgan fingerprint density at radius 2 is 1.85 bits per heavy atom. The van der Waals surface area contributed by atoms with Crippen molar-refractivity contribution in [1.29, 1.82) is 0 Å². The van der Waals surface area contributed by atoms with Gasteiger partial charge >= 0.3 is 6.09 Å². The molecule has 4 rings (SSSR count). The molecular formula is C27H29ClFN7O4. The van der Waals surface area contributed by atoms with Gasteiger partial charge in [-0.25, -0.2) is 19.2 Å². The maximum Gasteiger partial charge on any atom is 0.410 e. The Labute approximate surface area is 235 Å². The van der Waals surface area contributed by atoms with Gasteiger partial charge in [0, 0.05) is 19.3 Å². The number of ether oxygens (including phenoxy) is 1. The topological polar surface area (TPSA) is 138 Å². The third kappa shape index (κ3) is 7.70. The first kappa shape index (κ1) is 28.8. The van der Waals surface area contributed by atoms with Gasteiger partial charge < -0.3 is 25.6 Å². The SMILES string of the molecule is CC(C)(C)OC(=O)N1CCCNC(c2cnc(C(=O)Nc3ccc(F)cc3C(=O)Nc3ccc(Cl)cn3)cn2)C1. The molecule has 0 aliphatic carbocycles. The Kier molecular flexibility index (Phi) is 8.90. The molecule has 0 spiro atoms. The molecule has 210 valence electrons. The Bertz CT molecular complexity index is 1380. The molecule has 1 aliphatic rings. The lowest BCUT2D eigenvalue weighted by Crippen LogP contribution is -2.40. The van der Waals surface area contributed by atoms with Gasteiger partial charge in [0.1, 0.15) is 22.9 Å². The van der Waals surface area contributed by atoms with E-state index in [0.717, 1.165) is 18.6 Å². The van der Waals surface area contributed by atoms with E-state index in [2.05, 4.69) is 30.9 Å². The first-order valence-electron chi connectivity index (χ1n) is 12.6. The summed E-state index contributed by atoms with van der Waals surface area (Å²) in [6, 6.07) is 6.12. The molecule has 1 fully saturated rings. The predicted octanol–water partition coefficient (Wildman–Crippen LogP) is 4.44. The molecule has 2 aromatic heterocycles. The van der Waals surface area contributed by atoms with Crippen LogP contribution in [0.2, 0.25) is 5.02 Å². The number of carbonyl (C=O) groups is 3. The minimum atomic E-state index is -0.681. The Morgan fingerprint density at radius 1 is 1.05 bits per heavy atom. The van der Waals surface area contributed by atoms with Gasteiger partial charge in [0.05, 0.1) is 40.4 Å². The second kappa shape index (κ2) is 12.3. The Balaban J connectivity index is 1.45. The molecule has 0 bridgehead atoms. The number of nitrogens with zero attached hydrogens (tertiary/aromatic N) is 4. The zero-order chi connectivity index (χ0) is 28.9. The number of carbonyl (C=O) groups excluding carboxylic acids is 3. The lowest BCUT2D eigenvalue weighted by molar-refractivity contribution is 0.0246. The highest BCUT2D eigenvalue weighted by molar-refractivity contribution is 6.30. The van der Waals surface area contributed by atoms with Crippen LogP contribution in [0, 0.1) is 5.82 Å². The largest absolute Gasteiger partial charge is 0.444 e. The average Bonchev–Trinajstić information content (AvgIpc) is 3.17. The van der Waals surface area contributed by atoms with Crippen LogP contribution in [0.4, 0.5) is 20.7 Å². The smallest absolute Gasteiger partial charge is 0.410 e. The fourth-order valence-corrected chi connectivity index (χ4v) is 3.99. The molecule has 13 heteroatoms. The van der Waals surface area contributed by atoms with Gasteiger partial charge in [0.2, 0.25) is 0 Å². The minimum absolute atomic E-state index is 0.0172. The zero-order valence-electron chi connectivity index (χ0n) is 22.2. The lowest BCUT2D eigenvalue weighted by Gasteiger charge is -2.28. The summed E-state index contributed by atoms with van der Waals surface area (Å²) in [5.74, 6) is -1.78. The number of benzene rings is 1. The van der Waals surface area contributed by atoms with Gasteiger partial charge in [0.25, 0.3) is 11.8 Å². The molecule has 0 radical (unpaired) electrons. The number of amides is 3. The van der Waals surface area contributed by atoms with E-state index in [1.54, 1.807) is 11.0 Å². The summed E-state index contributed by atoms with van der Waals surface area (Å²) in [5, 5.41) is 8.85. The Morgan fingerprint density at radius 3 is 2.52 bits per heavy atom. The number of anilines is 2. The predicted molar refractivity (Wildman–Crippen MR) is 147 cm³/mol. The van der Waals surface area contributed by atoms with Gasteiger partial charge in [-0.2, -0.15) is 0 Å². The highest BCUT2D eigenvalue weighted by atomic mass is 35.5. The molecule has 1 saturated heterocycles. The quantitative estimate of drug-likeness (QED) is 0.410. The number of aromatic nitrogens is 3. The fourth-order valence-electron chi connectivity index (χ4n) is 3.88. The van der Waals surface area contributed by atoms with E-state index in [-0.39, 0.29) is 28.8 Å². The zero-order valence-corrected chi connectivity index (χ0v) is 23.0. The summed E-state index contributed by atoms with van der Waals surface area (Å²) >= 11 is 5.82. The maximum absolute atomic E-state index is 14.0. The van der Waals surface area contributed by atoms with Crippen molar-refractivity contribution in [2.75, 3.05) is 30.3 Å². The summed E-state index contributed by atoms with van der Waals surface area (Å²) in [5.41, 5.74) is -0.124. The van der Waals surface area contributed by atoms with Crippen molar-refractivity contribution in [3.8, 4) is 0 Å². The Hall–Kier alpha value is -4.16. The first-order chi connectivity index (χ1) is 19.0. The van der Waals surface area contributed by atoms with E-state index in [1.165, 1.54) is 30.7 Å². The molecular weight excluding hydrogens is 541 g/mol. The van der Waals surface area contributed by atoms with Crippen LogP contribution in [0.25, 0.3) is 0 Å². The van der Waals surface area contributed by atoms with Crippen LogP contribution >= 0.6 is 11.6 Å². The molecule has 1 unspecified atom stereocenters. The molecule has 1 aliphatic heterocycles. The van der Waals surface area contributed by atoms with E-state index in [9.17, 15) is 18.8 Å². The van der Waals surface area contributed by atoms with Crippen molar-refractivity contribution in [2.45, 2.75) is 38.8 Å². The van der Waals surface area contributed by atoms with Crippen LogP contribution in [0.1, 0.15) is 59.8 Å². The fraction of sp³-hybridized carbons (Fsp3) is 0.333. The summed E-state index contributed by atoms with van der Waals surface area (Å²) in [6.07, 6.45) is 4.45. The van der Waals surface area contributed by atoms with Gasteiger partial charge in [0.15, 0.2) is 0 Å². The van der Waals surface area contributed by atoms with E-state index < -0.39 is 29.3 Å². The summed E-state index contributed by atoms with van der Waals surface area (Å²) < 4.78 is 19.5. The highest BCUT2D eigenvalue weighted by Crippen LogP contribution is 2.21. The van der Waals surface area contributed by atoms with E-state index in [4.69, 9.17) is 16.3 Å². The van der Waals surface area contributed by atoms with E-state index in [1.807, 2.05) is 20.8 Å². The molecule has 3 amide bonds. The van der Waals surface area contributed by atoms with Crippen LogP contribution in [-0.2, 0) is 4.74 Å². The third-order valence-corrected chi connectivity index (χ3v) is 5.98. The molecule has 0 saturated carbocycles. The number of halogens is 2. The van der Waals surface area contributed by atoms with Crippen molar-refractivity contribution < 1.29 is 23.5 Å². The number of hydrogen-bond acceptors (Lipinski definition) is 8. The second-order valence-corrected chi connectivity index (χ2v) is 10.5. The van der Waals surface area contributed by atoms with Crippen LogP contribution in [0.3, 0.4) is 0 Å². The number of nitrogens with one attached hydrogen (secondary N) is 3. The van der Waals surface area contributed by atoms with Crippen molar-refractivity contribution >= 4 is 41.0 Å². The first-order valence-corrected chi connectivity index (χ1v) is 12.9. The molecule has 3 aromatic rings. The maximum atomic E-state index is 14.0. The number of hydrogen-bond donors (Lipinski definition) is 3. The van der Waals surface area contributed by atoms with Crippen molar-refractivity contribution in [2.24, 2.45) is 0 Å². The molecule has 40 heavy (non-hydrogen) atoms. The monoisotopic (exact) mass is 569 g/mol. The highest BCUT2D eigenvalue weighted by Gasteiger charge is 2.28. The van der Waals surface area contributed by atoms with Crippen molar-refractivity contribution in [1.82, 2.24) is 25.2 Å². The normalized spacial score (nSPS) is 15.6. The number of rotatable bonds is 5. The summed E-state index contributed by atoms with van der Waals surface area (Å²) in [6.45, 7) is 6.96. The van der Waals surface area contributed by atoms with Gasteiger partial charge in [-0.1, -0.05) is 11.6 Å². The van der Waals surface area contributed by atoms with Gasteiger partial charge in [-0.05, 0) is 64.1 Å². The summed E-state index contributed by atoms with van der Waals surface area (Å²) in [4.78, 5) is 52.6.